The molecule has 0 aliphatic heterocycles. The van der Waals surface area contributed by atoms with E-state index in [1.807, 2.05) is 0 Å². The van der Waals surface area contributed by atoms with Gasteiger partial charge in [-0.15, -0.1) is 0 Å². The molecule has 0 amide bonds. The van der Waals surface area contributed by atoms with Crippen LogP contribution in [0.4, 0.5) is 0 Å². The monoisotopic (exact) mass is 287 g/mol. The Morgan fingerprint density at radius 1 is 1.10 bits per heavy atom. The first-order valence-corrected chi connectivity index (χ1v) is 8.96. The summed E-state index contributed by atoms with van der Waals surface area (Å²) in [6, 6.07) is 11.7. The van der Waals surface area contributed by atoms with E-state index < -0.39 is 0 Å². The van der Waals surface area contributed by atoms with Crippen LogP contribution in [-0.4, -0.2) is 12.6 Å². The highest BCUT2D eigenvalue weighted by Crippen LogP contribution is 2.37. The van der Waals surface area contributed by atoms with Crippen molar-refractivity contribution in [2.45, 2.75) is 65.3 Å². The van der Waals surface area contributed by atoms with E-state index in [1.165, 1.54) is 50.6 Å². The minimum absolute atomic E-state index is 0.607. The average molecular weight is 287 g/mol. The Morgan fingerprint density at radius 2 is 1.86 bits per heavy atom. The zero-order valence-corrected chi connectivity index (χ0v) is 14.1. The van der Waals surface area contributed by atoms with Crippen molar-refractivity contribution in [1.29, 1.82) is 0 Å². The van der Waals surface area contributed by atoms with Crippen molar-refractivity contribution in [3.05, 3.63) is 35.9 Å². The van der Waals surface area contributed by atoms with Crippen molar-refractivity contribution in [2.24, 2.45) is 17.8 Å². The Bertz CT molecular complexity index is 384. The fourth-order valence-corrected chi connectivity index (χ4v) is 3.92. The first-order chi connectivity index (χ1) is 10.2. The predicted molar refractivity (Wildman–Crippen MR) is 92.5 cm³/mol. The van der Waals surface area contributed by atoms with Crippen LogP contribution in [0.15, 0.2) is 30.3 Å². The summed E-state index contributed by atoms with van der Waals surface area (Å²) in [7, 11) is 0. The van der Waals surface area contributed by atoms with Crippen LogP contribution in [-0.2, 0) is 6.42 Å². The summed E-state index contributed by atoms with van der Waals surface area (Å²) >= 11 is 0. The summed E-state index contributed by atoms with van der Waals surface area (Å²) in [4.78, 5) is 0. The second-order valence-corrected chi connectivity index (χ2v) is 7.24. The van der Waals surface area contributed by atoms with Gasteiger partial charge in [0.2, 0.25) is 0 Å². The molecule has 3 atom stereocenters. The summed E-state index contributed by atoms with van der Waals surface area (Å²) in [5.41, 5.74) is 1.52. The molecule has 0 radical (unpaired) electrons. The van der Waals surface area contributed by atoms with Crippen LogP contribution in [0.5, 0.6) is 0 Å². The third-order valence-corrected chi connectivity index (χ3v) is 5.07. The molecule has 1 aromatic rings. The fourth-order valence-electron chi connectivity index (χ4n) is 3.92. The van der Waals surface area contributed by atoms with Gasteiger partial charge in [-0.05, 0) is 49.1 Å². The molecule has 0 aromatic heterocycles. The first kappa shape index (κ1) is 16.5. The van der Waals surface area contributed by atoms with Crippen molar-refractivity contribution >= 4 is 0 Å². The fraction of sp³-hybridized carbons (Fsp3) is 0.700. The largest absolute Gasteiger partial charge is 0.314 e. The van der Waals surface area contributed by atoms with Gasteiger partial charge >= 0.3 is 0 Å². The highest BCUT2D eigenvalue weighted by atomic mass is 14.9. The minimum atomic E-state index is 0.607. The molecule has 1 nitrogen and oxygen atoms in total. The van der Waals surface area contributed by atoms with Gasteiger partial charge in [0.05, 0.1) is 0 Å². The van der Waals surface area contributed by atoms with Crippen LogP contribution >= 0.6 is 0 Å². The lowest BCUT2D eigenvalue weighted by Gasteiger charge is -2.37. The maximum absolute atomic E-state index is 3.68. The Labute approximate surface area is 131 Å². The summed E-state index contributed by atoms with van der Waals surface area (Å²) in [6.07, 6.45) is 8.34. The quantitative estimate of drug-likeness (QED) is 0.739. The standard InChI is InChI=1S/C20H33N/c1-4-8-17-11-12-19(15-21-16(2)3)20(13-17)14-18-9-6-5-7-10-18/h5-7,9-10,16-17,19-21H,4,8,11-15H2,1-3H3. The maximum Gasteiger partial charge on any atom is 0.00104 e. The molecule has 21 heavy (non-hydrogen) atoms. The molecule has 3 unspecified atom stereocenters. The van der Waals surface area contributed by atoms with Crippen molar-refractivity contribution in [2.75, 3.05) is 6.54 Å². The van der Waals surface area contributed by atoms with Crippen molar-refractivity contribution in [3.8, 4) is 0 Å². The van der Waals surface area contributed by atoms with E-state index in [-0.39, 0.29) is 0 Å². The third kappa shape index (κ3) is 5.47. The third-order valence-electron chi connectivity index (χ3n) is 5.07. The van der Waals surface area contributed by atoms with E-state index in [1.54, 1.807) is 0 Å². The topological polar surface area (TPSA) is 12.0 Å². The number of rotatable bonds is 7. The molecule has 0 bridgehead atoms. The molecule has 1 heteroatoms. The Balaban J connectivity index is 1.97. The van der Waals surface area contributed by atoms with Gasteiger partial charge in [-0.2, -0.15) is 0 Å². The molecule has 1 aliphatic carbocycles. The van der Waals surface area contributed by atoms with Gasteiger partial charge in [0, 0.05) is 6.04 Å². The molecule has 0 saturated heterocycles. The normalized spacial score (nSPS) is 26.2. The molecule has 118 valence electrons. The number of hydrogen-bond acceptors (Lipinski definition) is 1. The van der Waals surface area contributed by atoms with E-state index in [2.05, 4.69) is 56.4 Å². The van der Waals surface area contributed by atoms with Crippen LogP contribution in [0.2, 0.25) is 0 Å². The average Bonchev–Trinajstić information content (AvgIpc) is 2.48. The molecule has 1 aliphatic rings. The highest BCUT2D eigenvalue weighted by molar-refractivity contribution is 5.15. The van der Waals surface area contributed by atoms with Gasteiger partial charge in [0.15, 0.2) is 0 Å². The lowest BCUT2D eigenvalue weighted by Crippen LogP contribution is -2.36. The summed E-state index contributed by atoms with van der Waals surface area (Å²) < 4.78 is 0. The van der Waals surface area contributed by atoms with Crippen LogP contribution in [0.1, 0.15) is 58.4 Å². The second kappa shape index (κ2) is 8.58. The summed E-state index contributed by atoms with van der Waals surface area (Å²) in [6.45, 7) is 8.05. The molecular formula is C20H33N. The van der Waals surface area contributed by atoms with E-state index >= 15 is 0 Å². The number of benzene rings is 1. The van der Waals surface area contributed by atoms with Crippen molar-refractivity contribution in [1.82, 2.24) is 5.32 Å². The van der Waals surface area contributed by atoms with Gasteiger partial charge in [-0.1, -0.05) is 70.4 Å². The number of hydrogen-bond donors (Lipinski definition) is 1. The van der Waals surface area contributed by atoms with Crippen LogP contribution in [0.3, 0.4) is 0 Å². The van der Waals surface area contributed by atoms with E-state index in [0.29, 0.717) is 6.04 Å². The summed E-state index contributed by atoms with van der Waals surface area (Å²) in [5.74, 6) is 2.70. The zero-order valence-electron chi connectivity index (χ0n) is 14.1. The SMILES string of the molecule is CCCC1CCC(CNC(C)C)C(Cc2ccccc2)C1. The highest BCUT2D eigenvalue weighted by Gasteiger charge is 2.29. The molecule has 1 aromatic carbocycles. The molecule has 0 heterocycles. The van der Waals surface area contributed by atoms with E-state index in [9.17, 15) is 0 Å². The Hall–Kier alpha value is -0.820. The van der Waals surface area contributed by atoms with Gasteiger partial charge < -0.3 is 5.32 Å². The van der Waals surface area contributed by atoms with Crippen LogP contribution in [0.25, 0.3) is 0 Å². The van der Waals surface area contributed by atoms with E-state index in [4.69, 9.17) is 0 Å². The maximum atomic E-state index is 3.68. The lowest BCUT2D eigenvalue weighted by atomic mass is 9.70. The van der Waals surface area contributed by atoms with Gasteiger partial charge in [0.25, 0.3) is 0 Å². The lowest BCUT2D eigenvalue weighted by molar-refractivity contribution is 0.165. The first-order valence-electron chi connectivity index (χ1n) is 8.96. The van der Waals surface area contributed by atoms with Gasteiger partial charge in [-0.25, -0.2) is 0 Å². The second-order valence-electron chi connectivity index (χ2n) is 7.24. The molecular weight excluding hydrogens is 254 g/mol. The molecule has 1 N–H and O–H groups in total. The smallest absolute Gasteiger partial charge is 0.00104 e. The van der Waals surface area contributed by atoms with E-state index in [0.717, 1.165) is 17.8 Å². The molecule has 0 spiro atoms. The molecule has 1 fully saturated rings. The summed E-state index contributed by atoms with van der Waals surface area (Å²) in [5, 5.41) is 3.68. The Kier molecular flexibility index (Phi) is 6.76. The van der Waals surface area contributed by atoms with Crippen LogP contribution in [0, 0.1) is 17.8 Å². The van der Waals surface area contributed by atoms with Gasteiger partial charge in [-0.3, -0.25) is 0 Å². The number of nitrogens with one attached hydrogen (secondary N) is 1. The predicted octanol–water partition coefficient (Wildman–Crippen LogP) is 5.06. The molecule has 2 rings (SSSR count). The minimum Gasteiger partial charge on any atom is -0.314 e. The molecule has 1 saturated carbocycles. The van der Waals surface area contributed by atoms with Crippen molar-refractivity contribution < 1.29 is 0 Å². The van der Waals surface area contributed by atoms with Gasteiger partial charge in [0.1, 0.15) is 0 Å². The zero-order chi connectivity index (χ0) is 15.1. The van der Waals surface area contributed by atoms with Crippen LogP contribution < -0.4 is 5.32 Å². The Morgan fingerprint density at radius 3 is 2.52 bits per heavy atom. The van der Waals surface area contributed by atoms with Crippen molar-refractivity contribution in [3.63, 3.8) is 0 Å².